The molecule has 21 heavy (non-hydrogen) atoms. The van der Waals surface area contributed by atoms with Crippen molar-refractivity contribution in [2.75, 3.05) is 6.54 Å². The number of carbonyl (C=O) groups is 1. The van der Waals surface area contributed by atoms with Crippen LogP contribution in [0.25, 0.3) is 0 Å². The van der Waals surface area contributed by atoms with Gasteiger partial charge in [0, 0.05) is 12.1 Å². The molecule has 1 atom stereocenters. The number of rotatable bonds is 6. The molecule has 0 saturated heterocycles. The van der Waals surface area contributed by atoms with Crippen molar-refractivity contribution in [1.29, 1.82) is 0 Å². The van der Waals surface area contributed by atoms with Crippen LogP contribution in [0.3, 0.4) is 0 Å². The highest BCUT2D eigenvalue weighted by molar-refractivity contribution is 5.80. The molecule has 0 radical (unpaired) electrons. The number of carbonyl (C=O) groups excluding carboxylic acids is 1. The van der Waals surface area contributed by atoms with Crippen molar-refractivity contribution in [3.05, 3.63) is 29.3 Å². The van der Waals surface area contributed by atoms with Gasteiger partial charge in [-0.05, 0) is 50.8 Å². The predicted octanol–water partition coefficient (Wildman–Crippen LogP) is 2.74. The molecule has 0 aliphatic rings. The molecule has 4 heteroatoms. The first-order valence-electron chi connectivity index (χ1n) is 7.44. The molecule has 3 N–H and O–H groups in total. The molecule has 1 amide bonds. The highest BCUT2D eigenvalue weighted by Gasteiger charge is 2.19. The molecule has 0 aliphatic heterocycles. The fraction of sp³-hybridized carbons (Fsp3) is 0.588. The molecule has 1 aromatic carbocycles. The maximum Gasteiger partial charge on any atom is 0.260 e. The maximum atomic E-state index is 12.0. The van der Waals surface area contributed by atoms with Gasteiger partial charge >= 0.3 is 0 Å². The summed E-state index contributed by atoms with van der Waals surface area (Å²) >= 11 is 0. The smallest absolute Gasteiger partial charge is 0.260 e. The van der Waals surface area contributed by atoms with Crippen LogP contribution in [-0.4, -0.2) is 24.1 Å². The normalized spacial score (nSPS) is 13.1. The van der Waals surface area contributed by atoms with Crippen molar-refractivity contribution in [1.82, 2.24) is 5.32 Å². The van der Waals surface area contributed by atoms with E-state index >= 15 is 0 Å². The topological polar surface area (TPSA) is 64.3 Å². The lowest BCUT2D eigenvalue weighted by Gasteiger charge is -2.22. The fourth-order valence-corrected chi connectivity index (χ4v) is 1.81. The van der Waals surface area contributed by atoms with Gasteiger partial charge in [-0.3, -0.25) is 4.79 Å². The first-order chi connectivity index (χ1) is 9.60. The quantitative estimate of drug-likeness (QED) is 0.847. The molecule has 0 heterocycles. The monoisotopic (exact) mass is 292 g/mol. The summed E-state index contributed by atoms with van der Waals surface area (Å²) in [5.74, 6) is 1.04. The van der Waals surface area contributed by atoms with Crippen molar-refractivity contribution in [3.8, 4) is 5.75 Å². The summed E-state index contributed by atoms with van der Waals surface area (Å²) < 4.78 is 5.81. The van der Waals surface area contributed by atoms with Crippen LogP contribution < -0.4 is 15.8 Å². The first kappa shape index (κ1) is 17.5. The second kappa shape index (κ2) is 6.94. The van der Waals surface area contributed by atoms with E-state index in [0.717, 1.165) is 11.3 Å². The second-order valence-electron chi connectivity index (χ2n) is 6.65. The Morgan fingerprint density at radius 2 is 1.95 bits per heavy atom. The number of hydrogen-bond acceptors (Lipinski definition) is 3. The van der Waals surface area contributed by atoms with E-state index in [1.54, 1.807) is 6.92 Å². The highest BCUT2D eigenvalue weighted by Crippen LogP contribution is 2.25. The molecule has 1 aromatic rings. The molecule has 0 bridgehead atoms. The standard InChI is InChI=1S/C17H28N2O2/c1-11(2)14-8-7-12(3)15(9-14)21-13(4)16(20)19-10-17(5,6)18/h7-9,11,13H,10,18H2,1-6H3,(H,19,20). The van der Waals surface area contributed by atoms with Crippen molar-refractivity contribution in [2.24, 2.45) is 5.73 Å². The van der Waals surface area contributed by atoms with Crippen LogP contribution in [0.5, 0.6) is 5.75 Å². The Labute approximate surface area is 128 Å². The number of nitrogens with two attached hydrogens (primary N) is 1. The molecule has 118 valence electrons. The predicted molar refractivity (Wildman–Crippen MR) is 86.6 cm³/mol. The third-order valence-corrected chi connectivity index (χ3v) is 3.27. The Morgan fingerprint density at radius 3 is 2.48 bits per heavy atom. The Kier molecular flexibility index (Phi) is 5.78. The SMILES string of the molecule is Cc1ccc(C(C)C)cc1OC(C)C(=O)NCC(C)(C)N. The summed E-state index contributed by atoms with van der Waals surface area (Å²) in [6, 6.07) is 6.13. The van der Waals surface area contributed by atoms with Gasteiger partial charge < -0.3 is 15.8 Å². The third-order valence-electron chi connectivity index (χ3n) is 3.27. The average Bonchev–Trinajstić information content (AvgIpc) is 2.37. The Morgan fingerprint density at radius 1 is 1.33 bits per heavy atom. The van der Waals surface area contributed by atoms with Crippen LogP contribution in [0, 0.1) is 6.92 Å². The van der Waals surface area contributed by atoms with E-state index in [1.807, 2.05) is 32.9 Å². The highest BCUT2D eigenvalue weighted by atomic mass is 16.5. The van der Waals surface area contributed by atoms with Gasteiger partial charge in [0.2, 0.25) is 0 Å². The molecule has 0 aliphatic carbocycles. The van der Waals surface area contributed by atoms with Crippen LogP contribution >= 0.6 is 0 Å². The lowest BCUT2D eigenvalue weighted by Crippen LogP contribution is -2.48. The number of ether oxygens (including phenoxy) is 1. The molecular weight excluding hydrogens is 264 g/mol. The molecule has 0 spiro atoms. The Hall–Kier alpha value is -1.55. The van der Waals surface area contributed by atoms with E-state index in [9.17, 15) is 4.79 Å². The van der Waals surface area contributed by atoms with Crippen LogP contribution in [0.4, 0.5) is 0 Å². The number of nitrogens with one attached hydrogen (secondary N) is 1. The average molecular weight is 292 g/mol. The summed E-state index contributed by atoms with van der Waals surface area (Å²) in [5.41, 5.74) is 7.66. The van der Waals surface area contributed by atoms with Gasteiger partial charge in [0.05, 0.1) is 0 Å². The van der Waals surface area contributed by atoms with Crippen molar-refractivity contribution in [3.63, 3.8) is 0 Å². The zero-order chi connectivity index (χ0) is 16.2. The van der Waals surface area contributed by atoms with Gasteiger partial charge in [-0.15, -0.1) is 0 Å². The zero-order valence-electron chi connectivity index (χ0n) is 14.0. The molecular formula is C17H28N2O2. The van der Waals surface area contributed by atoms with Gasteiger partial charge in [-0.2, -0.15) is 0 Å². The first-order valence-corrected chi connectivity index (χ1v) is 7.44. The molecule has 0 saturated carbocycles. The van der Waals surface area contributed by atoms with Gasteiger partial charge in [-0.1, -0.05) is 26.0 Å². The van der Waals surface area contributed by atoms with E-state index in [2.05, 4.69) is 25.2 Å². The lowest BCUT2D eigenvalue weighted by molar-refractivity contribution is -0.127. The minimum atomic E-state index is -0.548. The van der Waals surface area contributed by atoms with E-state index < -0.39 is 11.6 Å². The minimum absolute atomic E-state index is 0.150. The van der Waals surface area contributed by atoms with Crippen molar-refractivity contribution < 1.29 is 9.53 Å². The van der Waals surface area contributed by atoms with Crippen molar-refractivity contribution in [2.45, 2.75) is 59.1 Å². The van der Waals surface area contributed by atoms with Crippen LogP contribution in [0.2, 0.25) is 0 Å². The maximum absolute atomic E-state index is 12.0. The summed E-state index contributed by atoms with van der Waals surface area (Å²) in [6.07, 6.45) is -0.548. The molecule has 1 unspecified atom stereocenters. The van der Waals surface area contributed by atoms with Crippen LogP contribution in [0.1, 0.15) is 51.7 Å². The summed E-state index contributed by atoms with van der Waals surface area (Å²) in [7, 11) is 0. The van der Waals surface area contributed by atoms with Crippen LogP contribution in [-0.2, 0) is 4.79 Å². The fourth-order valence-electron chi connectivity index (χ4n) is 1.81. The summed E-state index contributed by atoms with van der Waals surface area (Å²) in [4.78, 5) is 12.0. The molecule has 1 rings (SSSR count). The van der Waals surface area contributed by atoms with Gasteiger partial charge in [0.25, 0.3) is 5.91 Å². The number of amides is 1. The zero-order valence-corrected chi connectivity index (χ0v) is 14.0. The van der Waals surface area contributed by atoms with E-state index in [0.29, 0.717) is 12.5 Å². The van der Waals surface area contributed by atoms with Crippen molar-refractivity contribution >= 4 is 5.91 Å². The Balaban J connectivity index is 2.72. The van der Waals surface area contributed by atoms with E-state index in [-0.39, 0.29) is 5.91 Å². The van der Waals surface area contributed by atoms with Gasteiger partial charge in [-0.25, -0.2) is 0 Å². The summed E-state index contributed by atoms with van der Waals surface area (Å²) in [6.45, 7) is 12.2. The molecule has 0 aromatic heterocycles. The minimum Gasteiger partial charge on any atom is -0.481 e. The van der Waals surface area contributed by atoms with Gasteiger partial charge in [0.1, 0.15) is 5.75 Å². The largest absolute Gasteiger partial charge is 0.481 e. The van der Waals surface area contributed by atoms with Crippen LogP contribution in [0.15, 0.2) is 18.2 Å². The summed E-state index contributed by atoms with van der Waals surface area (Å²) in [5, 5.41) is 2.81. The lowest BCUT2D eigenvalue weighted by atomic mass is 10.0. The van der Waals surface area contributed by atoms with Gasteiger partial charge in [0.15, 0.2) is 6.10 Å². The number of hydrogen-bond donors (Lipinski definition) is 2. The number of benzene rings is 1. The third kappa shape index (κ3) is 5.76. The van der Waals surface area contributed by atoms with E-state index in [4.69, 9.17) is 10.5 Å². The van der Waals surface area contributed by atoms with E-state index in [1.165, 1.54) is 5.56 Å². The second-order valence-corrected chi connectivity index (χ2v) is 6.65. The molecule has 0 fully saturated rings. The molecule has 4 nitrogen and oxygen atoms in total. The Bertz CT molecular complexity index is 490. The number of aryl methyl sites for hydroxylation is 1.